The van der Waals surface area contributed by atoms with Crippen LogP contribution in [0.2, 0.25) is 0 Å². The molecular formula is C24H33N3O2. The molecule has 2 aromatic carbocycles. The molecule has 29 heavy (non-hydrogen) atoms. The predicted octanol–water partition coefficient (Wildman–Crippen LogP) is 3.44. The second kappa shape index (κ2) is 9.06. The lowest BCUT2D eigenvalue weighted by Crippen LogP contribution is -2.47. The van der Waals surface area contributed by atoms with E-state index in [0.29, 0.717) is 6.54 Å². The van der Waals surface area contributed by atoms with Crippen molar-refractivity contribution in [3.8, 4) is 5.75 Å². The molecule has 5 heteroatoms. The van der Waals surface area contributed by atoms with Crippen LogP contribution in [0.4, 0.5) is 11.4 Å². The first-order valence-corrected chi connectivity index (χ1v) is 10.8. The maximum absolute atomic E-state index is 10.2. The Morgan fingerprint density at radius 1 is 1.00 bits per heavy atom. The molecular weight excluding hydrogens is 362 g/mol. The maximum Gasteiger partial charge on any atom is 0.119 e. The number of piperazine rings is 1. The van der Waals surface area contributed by atoms with E-state index in [1.807, 2.05) is 12.1 Å². The Morgan fingerprint density at radius 2 is 1.66 bits per heavy atom. The summed E-state index contributed by atoms with van der Waals surface area (Å²) in [6.07, 6.45) is 2.22. The van der Waals surface area contributed by atoms with E-state index in [9.17, 15) is 5.11 Å². The van der Waals surface area contributed by atoms with Crippen LogP contribution in [0.3, 0.4) is 0 Å². The smallest absolute Gasteiger partial charge is 0.119 e. The molecule has 1 heterocycles. The van der Waals surface area contributed by atoms with Crippen LogP contribution in [0.15, 0.2) is 42.5 Å². The van der Waals surface area contributed by atoms with Crippen LogP contribution < -0.4 is 15.0 Å². The average molecular weight is 396 g/mol. The molecule has 0 amide bonds. The van der Waals surface area contributed by atoms with Gasteiger partial charge in [0.15, 0.2) is 0 Å². The molecule has 0 spiro atoms. The van der Waals surface area contributed by atoms with E-state index in [1.54, 1.807) is 0 Å². The van der Waals surface area contributed by atoms with Gasteiger partial charge in [0.25, 0.3) is 0 Å². The largest absolute Gasteiger partial charge is 0.491 e. The zero-order valence-electron chi connectivity index (χ0n) is 17.6. The molecule has 2 aromatic rings. The Morgan fingerprint density at radius 3 is 2.28 bits per heavy atom. The van der Waals surface area contributed by atoms with E-state index < -0.39 is 6.10 Å². The molecule has 2 N–H and O–H groups in total. The summed E-state index contributed by atoms with van der Waals surface area (Å²) in [5.74, 6) is 0.813. The molecule has 0 radical (unpaired) electrons. The summed E-state index contributed by atoms with van der Waals surface area (Å²) in [6, 6.07) is 15.5. The summed E-state index contributed by atoms with van der Waals surface area (Å²) in [6.45, 7) is 9.41. The van der Waals surface area contributed by atoms with Crippen molar-refractivity contribution in [3.63, 3.8) is 0 Å². The van der Waals surface area contributed by atoms with Crippen molar-refractivity contribution in [2.24, 2.45) is 0 Å². The van der Waals surface area contributed by atoms with Gasteiger partial charge in [-0.3, -0.25) is 4.90 Å². The Bertz CT molecular complexity index is 776. The van der Waals surface area contributed by atoms with Gasteiger partial charge in [-0.1, -0.05) is 6.07 Å². The molecule has 1 atom stereocenters. The number of aliphatic hydroxyl groups is 1. The highest BCUT2D eigenvalue weighted by Gasteiger charge is 2.31. The number of aryl methyl sites for hydroxylation is 2. The monoisotopic (exact) mass is 395 g/mol. The van der Waals surface area contributed by atoms with Gasteiger partial charge in [0.1, 0.15) is 18.5 Å². The lowest BCUT2D eigenvalue weighted by molar-refractivity contribution is 0.117. The van der Waals surface area contributed by atoms with Crippen molar-refractivity contribution in [2.75, 3.05) is 49.5 Å². The molecule has 1 aliphatic heterocycles. The number of ether oxygens (including phenoxy) is 1. The maximum atomic E-state index is 10.2. The number of nitrogens with zero attached hydrogens (tertiary/aromatic N) is 2. The fourth-order valence-electron chi connectivity index (χ4n) is 4.08. The van der Waals surface area contributed by atoms with E-state index in [2.05, 4.69) is 59.3 Å². The molecule has 2 fully saturated rings. The minimum Gasteiger partial charge on any atom is -0.491 e. The van der Waals surface area contributed by atoms with Crippen molar-refractivity contribution in [2.45, 2.75) is 38.8 Å². The van der Waals surface area contributed by atoms with Gasteiger partial charge >= 0.3 is 0 Å². The fourth-order valence-corrected chi connectivity index (χ4v) is 4.08. The highest BCUT2D eigenvalue weighted by molar-refractivity contribution is 5.55. The van der Waals surface area contributed by atoms with Gasteiger partial charge in [-0.15, -0.1) is 0 Å². The van der Waals surface area contributed by atoms with Crippen molar-refractivity contribution in [1.82, 2.24) is 4.90 Å². The first-order valence-electron chi connectivity index (χ1n) is 10.8. The van der Waals surface area contributed by atoms with E-state index in [4.69, 9.17) is 4.74 Å². The Balaban J connectivity index is 1.20. The Hall–Kier alpha value is -2.24. The van der Waals surface area contributed by atoms with E-state index in [1.165, 1.54) is 42.7 Å². The van der Waals surface area contributed by atoms with Crippen LogP contribution in [0.1, 0.15) is 24.0 Å². The Kier molecular flexibility index (Phi) is 6.26. The first kappa shape index (κ1) is 20.0. The summed E-state index contributed by atoms with van der Waals surface area (Å²) < 4.78 is 5.75. The number of rotatable bonds is 8. The van der Waals surface area contributed by atoms with Gasteiger partial charge in [0.05, 0.1) is 0 Å². The van der Waals surface area contributed by atoms with Crippen molar-refractivity contribution in [1.29, 1.82) is 0 Å². The SMILES string of the molecule is Cc1cc(C)cc(OCC(O)CNc2ccc(N3CCN(C4CC4)CC3)cc2)c1. The predicted molar refractivity (Wildman–Crippen MR) is 119 cm³/mol. The zero-order valence-corrected chi connectivity index (χ0v) is 17.6. The van der Waals surface area contributed by atoms with Crippen LogP contribution >= 0.6 is 0 Å². The van der Waals surface area contributed by atoms with Gasteiger partial charge in [-0.2, -0.15) is 0 Å². The number of nitrogens with one attached hydrogen (secondary N) is 1. The third-order valence-corrected chi connectivity index (χ3v) is 5.79. The van der Waals surface area contributed by atoms with E-state index in [-0.39, 0.29) is 6.61 Å². The molecule has 4 rings (SSSR count). The second-order valence-electron chi connectivity index (χ2n) is 8.47. The van der Waals surface area contributed by atoms with Gasteiger partial charge < -0.3 is 20.1 Å². The third kappa shape index (κ3) is 5.64. The van der Waals surface area contributed by atoms with E-state index >= 15 is 0 Å². The third-order valence-electron chi connectivity index (χ3n) is 5.79. The average Bonchev–Trinajstić information content (AvgIpc) is 3.56. The molecule has 1 saturated heterocycles. The van der Waals surface area contributed by atoms with Crippen LogP contribution in [0.5, 0.6) is 5.75 Å². The Labute approximate surface area is 174 Å². The minimum absolute atomic E-state index is 0.277. The summed E-state index contributed by atoms with van der Waals surface area (Å²) >= 11 is 0. The molecule has 156 valence electrons. The quantitative estimate of drug-likeness (QED) is 0.717. The molecule has 1 unspecified atom stereocenters. The molecule has 5 nitrogen and oxygen atoms in total. The minimum atomic E-state index is -0.564. The number of anilines is 2. The van der Waals surface area contributed by atoms with Gasteiger partial charge in [-0.25, -0.2) is 0 Å². The highest BCUT2D eigenvalue weighted by atomic mass is 16.5. The number of benzene rings is 2. The molecule has 0 aromatic heterocycles. The lowest BCUT2D eigenvalue weighted by atomic mass is 10.1. The topological polar surface area (TPSA) is 48.0 Å². The van der Waals surface area contributed by atoms with Gasteiger partial charge in [-0.05, 0) is 74.2 Å². The summed E-state index contributed by atoms with van der Waals surface area (Å²) in [7, 11) is 0. The number of hydrogen-bond acceptors (Lipinski definition) is 5. The van der Waals surface area contributed by atoms with Crippen LogP contribution in [-0.4, -0.2) is 61.5 Å². The van der Waals surface area contributed by atoms with Crippen LogP contribution in [0, 0.1) is 13.8 Å². The molecule has 1 saturated carbocycles. The van der Waals surface area contributed by atoms with Gasteiger partial charge in [0.2, 0.25) is 0 Å². The normalized spacial score (nSPS) is 18.5. The zero-order chi connectivity index (χ0) is 20.2. The van der Waals surface area contributed by atoms with Crippen molar-refractivity contribution < 1.29 is 9.84 Å². The van der Waals surface area contributed by atoms with Crippen molar-refractivity contribution in [3.05, 3.63) is 53.6 Å². The van der Waals surface area contributed by atoms with Crippen molar-refractivity contribution >= 4 is 11.4 Å². The fraction of sp³-hybridized carbons (Fsp3) is 0.500. The highest BCUT2D eigenvalue weighted by Crippen LogP contribution is 2.28. The summed E-state index contributed by atoms with van der Waals surface area (Å²) in [4.78, 5) is 5.10. The lowest BCUT2D eigenvalue weighted by Gasteiger charge is -2.36. The van der Waals surface area contributed by atoms with Crippen LogP contribution in [-0.2, 0) is 0 Å². The second-order valence-corrected chi connectivity index (χ2v) is 8.47. The van der Waals surface area contributed by atoms with E-state index in [0.717, 1.165) is 30.6 Å². The molecule has 1 aliphatic carbocycles. The summed E-state index contributed by atoms with van der Waals surface area (Å²) in [5.41, 5.74) is 4.64. The van der Waals surface area contributed by atoms with Crippen LogP contribution in [0.25, 0.3) is 0 Å². The first-order chi connectivity index (χ1) is 14.1. The number of hydrogen-bond donors (Lipinski definition) is 2. The molecule has 2 aliphatic rings. The standard InChI is InChI=1S/C24H33N3O2/c1-18-13-19(2)15-24(14-18)29-17-23(28)16-25-20-3-5-21(6-4-20)26-9-11-27(12-10-26)22-7-8-22/h3-6,13-15,22-23,25,28H,7-12,16-17H2,1-2H3. The summed E-state index contributed by atoms with van der Waals surface area (Å²) in [5, 5.41) is 13.6. The van der Waals surface area contributed by atoms with Gasteiger partial charge in [0, 0.05) is 50.1 Å². The number of aliphatic hydroxyl groups excluding tert-OH is 1. The molecule has 0 bridgehead atoms.